The van der Waals surface area contributed by atoms with E-state index in [0.717, 1.165) is 6.42 Å². The van der Waals surface area contributed by atoms with Crippen LogP contribution in [0.5, 0.6) is 0 Å². The molecule has 2 heteroatoms. The summed E-state index contributed by atoms with van der Waals surface area (Å²) < 4.78 is 0. The molecule has 0 aromatic heterocycles. The van der Waals surface area contributed by atoms with Crippen molar-refractivity contribution in [3.8, 4) is 0 Å². The van der Waals surface area contributed by atoms with Crippen molar-refractivity contribution in [2.24, 2.45) is 11.3 Å². The van der Waals surface area contributed by atoms with Crippen molar-refractivity contribution in [3.05, 3.63) is 11.8 Å². The topological polar surface area (TPSA) is 20.3 Å². The lowest BCUT2D eigenvalue weighted by molar-refractivity contribution is -0.134. The molecule has 96 valence electrons. The lowest BCUT2D eigenvalue weighted by Gasteiger charge is -2.47. The molecule has 1 unspecified atom stereocenters. The Balaban J connectivity index is 2.38. The van der Waals surface area contributed by atoms with E-state index in [0.29, 0.717) is 17.9 Å². The van der Waals surface area contributed by atoms with Gasteiger partial charge in [0.15, 0.2) is 0 Å². The van der Waals surface area contributed by atoms with Crippen LogP contribution in [0.2, 0.25) is 0 Å². The van der Waals surface area contributed by atoms with E-state index in [1.54, 1.807) is 0 Å². The lowest BCUT2D eigenvalue weighted by atomic mass is 9.61. The van der Waals surface area contributed by atoms with Gasteiger partial charge in [0.2, 0.25) is 5.91 Å². The van der Waals surface area contributed by atoms with Gasteiger partial charge >= 0.3 is 0 Å². The van der Waals surface area contributed by atoms with Gasteiger partial charge in [0.25, 0.3) is 0 Å². The molecule has 1 saturated carbocycles. The fourth-order valence-electron chi connectivity index (χ4n) is 3.46. The van der Waals surface area contributed by atoms with Gasteiger partial charge in [0, 0.05) is 24.1 Å². The predicted octanol–water partition coefficient (Wildman–Crippen LogP) is 3.73. The van der Waals surface area contributed by atoms with Crippen molar-refractivity contribution >= 4 is 5.91 Å². The average molecular weight is 235 g/mol. The molecule has 0 bridgehead atoms. The summed E-state index contributed by atoms with van der Waals surface area (Å²) in [5, 5.41) is 0. The van der Waals surface area contributed by atoms with E-state index in [1.807, 2.05) is 4.90 Å². The van der Waals surface area contributed by atoms with Crippen LogP contribution in [-0.2, 0) is 4.79 Å². The van der Waals surface area contributed by atoms with Crippen molar-refractivity contribution < 1.29 is 4.79 Å². The number of hydrogen-bond donors (Lipinski definition) is 0. The minimum absolute atomic E-state index is 0.181. The SMILES string of the molecule is CC(C)N1C=C2CCCCC2(C(C)C)CC1=O. The summed E-state index contributed by atoms with van der Waals surface area (Å²) in [5.74, 6) is 0.895. The molecule has 1 atom stereocenters. The van der Waals surface area contributed by atoms with Crippen LogP contribution in [0.4, 0.5) is 0 Å². The molecule has 0 spiro atoms. The molecule has 1 aliphatic carbocycles. The molecular formula is C15H25NO. The molecule has 0 aromatic rings. The Morgan fingerprint density at radius 3 is 2.53 bits per heavy atom. The molecular weight excluding hydrogens is 210 g/mol. The van der Waals surface area contributed by atoms with Gasteiger partial charge in [-0.1, -0.05) is 20.3 Å². The van der Waals surface area contributed by atoms with Crippen molar-refractivity contribution in [2.45, 2.75) is 65.8 Å². The van der Waals surface area contributed by atoms with Crippen molar-refractivity contribution in [3.63, 3.8) is 0 Å². The third-order valence-electron chi connectivity index (χ3n) is 4.67. The van der Waals surface area contributed by atoms with Crippen LogP contribution in [0.15, 0.2) is 11.8 Å². The molecule has 0 aromatic carbocycles. The molecule has 0 N–H and O–H groups in total. The Hall–Kier alpha value is -0.790. The Morgan fingerprint density at radius 2 is 1.94 bits per heavy atom. The van der Waals surface area contributed by atoms with Crippen LogP contribution in [0.1, 0.15) is 59.8 Å². The second-order valence-corrected chi connectivity index (χ2v) is 6.24. The van der Waals surface area contributed by atoms with Crippen molar-refractivity contribution in [1.82, 2.24) is 4.90 Å². The minimum Gasteiger partial charge on any atom is -0.317 e. The molecule has 0 radical (unpaired) electrons. The van der Waals surface area contributed by atoms with Crippen LogP contribution in [0.3, 0.4) is 0 Å². The Labute approximate surface area is 105 Å². The first-order valence-corrected chi connectivity index (χ1v) is 7.00. The van der Waals surface area contributed by atoms with Gasteiger partial charge in [0.05, 0.1) is 0 Å². The van der Waals surface area contributed by atoms with Crippen LogP contribution in [-0.4, -0.2) is 16.8 Å². The number of rotatable bonds is 2. The van der Waals surface area contributed by atoms with Crippen LogP contribution in [0, 0.1) is 11.3 Å². The fraction of sp³-hybridized carbons (Fsp3) is 0.800. The number of carbonyl (C=O) groups is 1. The number of hydrogen-bond acceptors (Lipinski definition) is 1. The molecule has 2 aliphatic rings. The summed E-state index contributed by atoms with van der Waals surface area (Å²) in [4.78, 5) is 14.2. The van der Waals surface area contributed by atoms with E-state index in [1.165, 1.54) is 31.3 Å². The van der Waals surface area contributed by atoms with Gasteiger partial charge in [-0.05, 0) is 44.6 Å². The van der Waals surface area contributed by atoms with Gasteiger partial charge in [-0.25, -0.2) is 0 Å². The maximum atomic E-state index is 12.3. The molecule has 17 heavy (non-hydrogen) atoms. The number of amides is 1. The van der Waals surface area contributed by atoms with Gasteiger partial charge in [-0.3, -0.25) is 4.79 Å². The maximum Gasteiger partial charge on any atom is 0.227 e. The molecule has 2 rings (SSSR count). The first-order chi connectivity index (χ1) is 7.97. The second-order valence-electron chi connectivity index (χ2n) is 6.24. The third-order valence-corrected chi connectivity index (χ3v) is 4.67. The number of fused-ring (bicyclic) bond motifs is 1. The first-order valence-electron chi connectivity index (χ1n) is 7.00. The van der Waals surface area contributed by atoms with E-state index in [2.05, 4.69) is 33.9 Å². The van der Waals surface area contributed by atoms with E-state index in [4.69, 9.17) is 0 Å². The number of allylic oxidation sites excluding steroid dienone is 1. The van der Waals surface area contributed by atoms with E-state index in [9.17, 15) is 4.79 Å². The van der Waals surface area contributed by atoms with Gasteiger partial charge < -0.3 is 4.90 Å². The normalized spacial score (nSPS) is 29.6. The minimum atomic E-state index is 0.181. The maximum absolute atomic E-state index is 12.3. The van der Waals surface area contributed by atoms with Crippen molar-refractivity contribution in [1.29, 1.82) is 0 Å². The first kappa shape index (κ1) is 12.7. The zero-order chi connectivity index (χ0) is 12.6. The zero-order valence-corrected chi connectivity index (χ0v) is 11.6. The van der Waals surface area contributed by atoms with Gasteiger partial charge in [-0.15, -0.1) is 0 Å². The van der Waals surface area contributed by atoms with Crippen LogP contribution < -0.4 is 0 Å². The Morgan fingerprint density at radius 1 is 1.24 bits per heavy atom. The van der Waals surface area contributed by atoms with E-state index in [-0.39, 0.29) is 5.41 Å². The molecule has 2 nitrogen and oxygen atoms in total. The van der Waals surface area contributed by atoms with E-state index >= 15 is 0 Å². The monoisotopic (exact) mass is 235 g/mol. The highest BCUT2D eigenvalue weighted by Crippen LogP contribution is 2.51. The van der Waals surface area contributed by atoms with Crippen LogP contribution >= 0.6 is 0 Å². The standard InChI is InChI=1S/C15H25NO/c1-11(2)15-8-6-5-7-13(15)10-16(12(3)4)14(17)9-15/h10-12H,5-9H2,1-4H3. The molecule has 1 heterocycles. The highest BCUT2D eigenvalue weighted by Gasteiger charge is 2.44. The summed E-state index contributed by atoms with van der Waals surface area (Å²) in [6, 6.07) is 0.294. The largest absolute Gasteiger partial charge is 0.317 e. The summed E-state index contributed by atoms with van der Waals surface area (Å²) in [5.41, 5.74) is 1.72. The Kier molecular flexibility index (Phi) is 3.33. The third kappa shape index (κ3) is 2.02. The summed E-state index contributed by atoms with van der Waals surface area (Å²) in [6.45, 7) is 8.75. The quantitative estimate of drug-likeness (QED) is 0.714. The fourth-order valence-corrected chi connectivity index (χ4v) is 3.46. The Bertz CT molecular complexity index is 343. The molecule has 1 amide bonds. The smallest absolute Gasteiger partial charge is 0.227 e. The molecule has 1 fully saturated rings. The summed E-state index contributed by atoms with van der Waals surface area (Å²) >= 11 is 0. The number of nitrogens with zero attached hydrogens (tertiary/aromatic N) is 1. The molecule has 1 aliphatic heterocycles. The zero-order valence-electron chi connectivity index (χ0n) is 11.6. The second kappa shape index (κ2) is 4.47. The van der Waals surface area contributed by atoms with Gasteiger partial charge in [0.1, 0.15) is 0 Å². The highest BCUT2D eigenvalue weighted by atomic mass is 16.2. The van der Waals surface area contributed by atoms with Gasteiger partial charge in [-0.2, -0.15) is 0 Å². The summed E-state index contributed by atoms with van der Waals surface area (Å²) in [7, 11) is 0. The summed E-state index contributed by atoms with van der Waals surface area (Å²) in [6.07, 6.45) is 7.87. The number of carbonyl (C=O) groups excluding carboxylic acids is 1. The lowest BCUT2D eigenvalue weighted by Crippen LogP contribution is -2.46. The molecule has 0 saturated heterocycles. The highest BCUT2D eigenvalue weighted by molar-refractivity contribution is 5.80. The predicted molar refractivity (Wildman–Crippen MR) is 70.4 cm³/mol. The van der Waals surface area contributed by atoms with Crippen molar-refractivity contribution in [2.75, 3.05) is 0 Å². The van der Waals surface area contributed by atoms with Crippen LogP contribution in [0.25, 0.3) is 0 Å². The average Bonchev–Trinajstić information content (AvgIpc) is 2.27. The van der Waals surface area contributed by atoms with E-state index < -0.39 is 0 Å².